The molecule has 3 atom stereocenters. The zero-order chi connectivity index (χ0) is 27.9. The number of H-pyrrole nitrogens is 1. The van der Waals surface area contributed by atoms with Crippen molar-refractivity contribution >= 4 is 10.9 Å². The smallest absolute Gasteiger partial charge is 0.135 e. The standard InChI is InChI=1S/C32H35F3N4O/c1-20-12-23-22-6-3-4-7-26(22)37-28(23)29(39(20)32-15-31(16-32,17-32)18-36)27-24(34)13-21(14-25(27)35)40-30(2)8-11-38(19-30)10-5-9-33/h3-4,6-7,13-14,20,29,37H,5,8-12,15-17,19H2,1-2H3/t20-,29-,30+,31?,32?/m1/s1. The molecule has 5 nitrogen and oxygen atoms in total. The van der Waals surface area contributed by atoms with Gasteiger partial charge in [0.2, 0.25) is 0 Å². The van der Waals surface area contributed by atoms with Crippen LogP contribution in [-0.4, -0.2) is 58.3 Å². The minimum absolute atomic E-state index is 0.0311. The van der Waals surface area contributed by atoms with Gasteiger partial charge >= 0.3 is 0 Å². The summed E-state index contributed by atoms with van der Waals surface area (Å²) >= 11 is 0. The van der Waals surface area contributed by atoms with E-state index in [2.05, 4.69) is 33.8 Å². The highest BCUT2D eigenvalue weighted by Crippen LogP contribution is 2.72. The third-order valence-electron chi connectivity index (χ3n) is 9.97. The van der Waals surface area contributed by atoms with Gasteiger partial charge in [0.05, 0.1) is 24.2 Å². The molecule has 210 valence electrons. The van der Waals surface area contributed by atoms with Gasteiger partial charge in [-0.3, -0.25) is 14.2 Å². The number of hydrogen-bond donors (Lipinski definition) is 1. The molecule has 2 bridgehead atoms. The van der Waals surface area contributed by atoms with E-state index in [4.69, 9.17) is 4.74 Å². The number of fused-ring (bicyclic) bond motifs is 3. The maximum absolute atomic E-state index is 16.2. The van der Waals surface area contributed by atoms with E-state index in [9.17, 15) is 9.65 Å². The number of halogens is 3. The minimum atomic E-state index is -0.629. The molecule has 8 rings (SSSR count). The highest BCUT2D eigenvalue weighted by atomic mass is 19.1. The Kier molecular flexibility index (Phi) is 5.82. The van der Waals surface area contributed by atoms with Crippen LogP contribution in [0.25, 0.3) is 10.9 Å². The summed E-state index contributed by atoms with van der Waals surface area (Å²) in [5.41, 5.74) is 1.85. The molecule has 4 fully saturated rings. The number of aromatic amines is 1. The first-order valence-corrected chi connectivity index (χ1v) is 14.4. The summed E-state index contributed by atoms with van der Waals surface area (Å²) in [5, 5.41) is 10.8. The molecular weight excluding hydrogens is 513 g/mol. The number of ether oxygens (including phenoxy) is 1. The SMILES string of the molecule is C[C@@H]1Cc2c([nH]c3ccccc23)[C@@H](c2c(F)cc(O[C@@]3(C)CCN(CCCF)C3)cc2F)N1C12CC(C#N)(C1)C2. The molecule has 3 aliphatic carbocycles. The van der Waals surface area contributed by atoms with Gasteiger partial charge in [-0.05, 0) is 57.6 Å². The Morgan fingerprint density at radius 2 is 1.88 bits per heavy atom. The predicted molar refractivity (Wildman–Crippen MR) is 147 cm³/mol. The summed E-state index contributed by atoms with van der Waals surface area (Å²) < 4.78 is 51.2. The number of hydrogen-bond acceptors (Lipinski definition) is 4. The van der Waals surface area contributed by atoms with Crippen molar-refractivity contribution in [2.24, 2.45) is 5.41 Å². The van der Waals surface area contributed by atoms with Crippen molar-refractivity contribution in [1.29, 1.82) is 5.26 Å². The third-order valence-corrected chi connectivity index (χ3v) is 9.97. The van der Waals surface area contributed by atoms with Crippen molar-refractivity contribution in [3.8, 4) is 11.8 Å². The van der Waals surface area contributed by atoms with E-state index >= 15 is 8.78 Å². The lowest BCUT2D eigenvalue weighted by Gasteiger charge is -2.73. The summed E-state index contributed by atoms with van der Waals surface area (Å²) in [5.74, 6) is -1.07. The van der Waals surface area contributed by atoms with Gasteiger partial charge in [0.1, 0.15) is 23.0 Å². The van der Waals surface area contributed by atoms with Crippen molar-refractivity contribution in [3.05, 3.63) is 64.9 Å². The van der Waals surface area contributed by atoms with Gasteiger partial charge < -0.3 is 9.72 Å². The number of aromatic nitrogens is 1. The Labute approximate surface area is 232 Å². The number of nitrogens with zero attached hydrogens (tertiary/aromatic N) is 3. The Bertz CT molecular complexity index is 1490. The first-order valence-electron chi connectivity index (χ1n) is 14.4. The molecule has 3 aromatic rings. The molecule has 1 N–H and O–H groups in total. The highest BCUT2D eigenvalue weighted by molar-refractivity contribution is 5.85. The zero-order valence-electron chi connectivity index (χ0n) is 23.1. The molecule has 0 radical (unpaired) electrons. The number of likely N-dealkylation sites (tertiary alicyclic amines) is 1. The van der Waals surface area contributed by atoms with Gasteiger partial charge in [-0.2, -0.15) is 5.26 Å². The van der Waals surface area contributed by atoms with E-state index in [0.717, 1.165) is 54.4 Å². The number of alkyl halides is 1. The van der Waals surface area contributed by atoms with Crippen LogP contribution >= 0.6 is 0 Å². The van der Waals surface area contributed by atoms with Crippen molar-refractivity contribution in [1.82, 2.24) is 14.8 Å². The van der Waals surface area contributed by atoms with Crippen LogP contribution in [0.3, 0.4) is 0 Å². The van der Waals surface area contributed by atoms with Gasteiger partial charge in [0, 0.05) is 71.9 Å². The molecule has 5 aliphatic rings. The number of benzene rings is 2. The lowest BCUT2D eigenvalue weighted by atomic mass is 9.39. The average Bonchev–Trinajstić information content (AvgIpc) is 3.42. The van der Waals surface area contributed by atoms with Gasteiger partial charge in [0.25, 0.3) is 0 Å². The Morgan fingerprint density at radius 3 is 2.58 bits per heavy atom. The predicted octanol–water partition coefficient (Wildman–Crippen LogP) is 6.43. The van der Waals surface area contributed by atoms with Gasteiger partial charge in [0.15, 0.2) is 0 Å². The maximum Gasteiger partial charge on any atom is 0.135 e. The van der Waals surface area contributed by atoms with Crippen LogP contribution in [0.15, 0.2) is 36.4 Å². The number of nitriles is 1. The van der Waals surface area contributed by atoms with Crippen molar-refractivity contribution in [2.75, 3.05) is 26.3 Å². The average molecular weight is 549 g/mol. The molecule has 2 aliphatic heterocycles. The second-order valence-electron chi connectivity index (χ2n) is 13.0. The minimum Gasteiger partial charge on any atom is -0.486 e. The van der Waals surface area contributed by atoms with E-state index < -0.39 is 23.3 Å². The van der Waals surface area contributed by atoms with E-state index in [1.807, 2.05) is 25.1 Å². The van der Waals surface area contributed by atoms with Gasteiger partial charge in [-0.1, -0.05) is 18.2 Å². The van der Waals surface area contributed by atoms with Gasteiger partial charge in [-0.25, -0.2) is 8.78 Å². The summed E-state index contributed by atoms with van der Waals surface area (Å²) in [4.78, 5) is 7.96. The molecule has 0 spiro atoms. The van der Waals surface area contributed by atoms with Crippen LogP contribution in [0.5, 0.6) is 5.75 Å². The summed E-state index contributed by atoms with van der Waals surface area (Å²) in [7, 11) is 0. The van der Waals surface area contributed by atoms with Crippen LogP contribution in [-0.2, 0) is 6.42 Å². The molecule has 1 aromatic heterocycles. The number of para-hydroxylation sites is 1. The quantitative estimate of drug-likeness (QED) is 0.370. The molecular formula is C32H35F3N4O. The Morgan fingerprint density at radius 1 is 1.15 bits per heavy atom. The third kappa shape index (κ3) is 3.81. The summed E-state index contributed by atoms with van der Waals surface area (Å²) in [6, 6.07) is 12.6. The van der Waals surface area contributed by atoms with Crippen molar-refractivity contribution in [2.45, 2.75) is 75.6 Å². The molecule has 0 amide bonds. The lowest BCUT2D eigenvalue weighted by molar-refractivity contribution is -0.212. The van der Waals surface area contributed by atoms with Crippen molar-refractivity contribution < 1.29 is 17.9 Å². The lowest BCUT2D eigenvalue weighted by Crippen LogP contribution is -2.76. The molecule has 3 saturated carbocycles. The molecule has 2 aromatic carbocycles. The Hall–Kier alpha value is -3.02. The fraction of sp³-hybridized carbons (Fsp3) is 0.531. The van der Waals surface area contributed by atoms with Crippen LogP contribution in [0, 0.1) is 28.4 Å². The fourth-order valence-electron chi connectivity index (χ4n) is 8.36. The number of rotatable bonds is 7. The number of nitrogens with one attached hydrogen (secondary N) is 1. The van der Waals surface area contributed by atoms with Crippen molar-refractivity contribution in [3.63, 3.8) is 0 Å². The molecule has 0 unspecified atom stereocenters. The zero-order valence-corrected chi connectivity index (χ0v) is 23.1. The summed E-state index contributed by atoms with van der Waals surface area (Å²) in [6.07, 6.45) is 4.19. The topological polar surface area (TPSA) is 55.3 Å². The molecule has 1 saturated heterocycles. The van der Waals surface area contributed by atoms with E-state index in [0.29, 0.717) is 25.9 Å². The second-order valence-corrected chi connectivity index (χ2v) is 13.0. The fourth-order valence-corrected chi connectivity index (χ4v) is 8.36. The van der Waals surface area contributed by atoms with Crippen LogP contribution < -0.4 is 4.74 Å². The normalized spacial score (nSPS) is 33.3. The molecule has 40 heavy (non-hydrogen) atoms. The van der Waals surface area contributed by atoms with E-state index in [1.165, 1.54) is 12.1 Å². The van der Waals surface area contributed by atoms with Crippen LogP contribution in [0.1, 0.15) is 68.8 Å². The maximum atomic E-state index is 16.2. The first-order chi connectivity index (χ1) is 19.2. The van der Waals surface area contributed by atoms with E-state index in [1.54, 1.807) is 0 Å². The molecule has 8 heteroatoms. The monoisotopic (exact) mass is 548 g/mol. The van der Waals surface area contributed by atoms with Crippen LogP contribution in [0.2, 0.25) is 0 Å². The second kappa shape index (κ2) is 8.99. The first kappa shape index (κ1) is 25.9. The highest BCUT2D eigenvalue weighted by Gasteiger charge is 2.72. The van der Waals surface area contributed by atoms with Crippen LogP contribution in [0.4, 0.5) is 13.2 Å². The largest absolute Gasteiger partial charge is 0.486 e. The summed E-state index contributed by atoms with van der Waals surface area (Å²) in [6.45, 7) is 5.73. The van der Waals surface area contributed by atoms with Gasteiger partial charge in [-0.15, -0.1) is 0 Å². The van der Waals surface area contributed by atoms with E-state index in [-0.39, 0.29) is 35.0 Å². The Balaban J connectivity index is 1.26. The molecule has 3 heterocycles.